The Morgan fingerprint density at radius 1 is 0.886 bits per heavy atom. The molecule has 3 N–H and O–H groups in total. The molecule has 2 amide bonds. The third-order valence-corrected chi connectivity index (χ3v) is 6.83. The highest BCUT2D eigenvalue weighted by molar-refractivity contribution is 6.50. The van der Waals surface area contributed by atoms with Crippen molar-refractivity contribution in [2.24, 2.45) is 0 Å². The van der Waals surface area contributed by atoms with Gasteiger partial charge in [-0.15, -0.1) is 0 Å². The van der Waals surface area contributed by atoms with Crippen molar-refractivity contribution in [3.05, 3.63) is 72.1 Å². The SMILES string of the molecule is O=C1NC(=O)C(c2cn(CC(O)CN3CCOCC3)c3ccccc23)=C1c1c[nH]c2ccccc12. The average Bonchev–Trinajstić information content (AvgIpc) is 3.53. The number of hydrogen-bond donors (Lipinski definition) is 3. The van der Waals surface area contributed by atoms with Gasteiger partial charge in [0.15, 0.2) is 0 Å². The van der Waals surface area contributed by atoms with E-state index in [1.807, 2.05) is 59.3 Å². The molecule has 178 valence electrons. The molecule has 2 aliphatic rings. The second kappa shape index (κ2) is 8.81. The van der Waals surface area contributed by atoms with Crippen molar-refractivity contribution in [1.29, 1.82) is 0 Å². The van der Waals surface area contributed by atoms with Crippen molar-refractivity contribution in [3.8, 4) is 0 Å². The fourth-order valence-electron chi connectivity index (χ4n) is 5.21. The van der Waals surface area contributed by atoms with Gasteiger partial charge in [-0.1, -0.05) is 36.4 Å². The normalized spacial score (nSPS) is 18.1. The van der Waals surface area contributed by atoms with E-state index in [1.54, 1.807) is 6.20 Å². The van der Waals surface area contributed by atoms with Crippen LogP contribution in [0.15, 0.2) is 60.9 Å². The zero-order chi connectivity index (χ0) is 23.9. The van der Waals surface area contributed by atoms with Crippen molar-refractivity contribution in [2.45, 2.75) is 12.6 Å². The summed E-state index contributed by atoms with van der Waals surface area (Å²) >= 11 is 0. The van der Waals surface area contributed by atoms with E-state index < -0.39 is 17.9 Å². The number of benzene rings is 2. The number of ether oxygens (including phenoxy) is 1. The largest absolute Gasteiger partial charge is 0.390 e. The number of hydrogen-bond acceptors (Lipinski definition) is 5. The van der Waals surface area contributed by atoms with Gasteiger partial charge in [0.05, 0.1) is 30.5 Å². The van der Waals surface area contributed by atoms with E-state index in [0.717, 1.165) is 34.9 Å². The van der Waals surface area contributed by atoms with Gasteiger partial charge in [0.1, 0.15) is 0 Å². The number of carbonyl (C=O) groups is 2. The average molecular weight is 471 g/mol. The highest BCUT2D eigenvalue weighted by Gasteiger charge is 2.35. The van der Waals surface area contributed by atoms with Gasteiger partial charge in [-0.2, -0.15) is 0 Å². The first-order valence-corrected chi connectivity index (χ1v) is 11.8. The van der Waals surface area contributed by atoms with Crippen molar-refractivity contribution in [2.75, 3.05) is 32.8 Å². The van der Waals surface area contributed by atoms with Crippen molar-refractivity contribution >= 4 is 44.8 Å². The van der Waals surface area contributed by atoms with Crippen LogP contribution in [-0.4, -0.2) is 70.3 Å². The zero-order valence-electron chi connectivity index (χ0n) is 19.2. The number of morpholine rings is 1. The summed E-state index contributed by atoms with van der Waals surface area (Å²) in [6, 6.07) is 15.5. The minimum atomic E-state index is -0.585. The number of imide groups is 1. The predicted octanol–water partition coefficient (Wildman–Crippen LogP) is 2.38. The molecule has 8 nitrogen and oxygen atoms in total. The highest BCUT2D eigenvalue weighted by Crippen LogP contribution is 2.38. The van der Waals surface area contributed by atoms with Crippen molar-refractivity contribution in [1.82, 2.24) is 19.8 Å². The molecule has 1 saturated heterocycles. The van der Waals surface area contributed by atoms with Crippen LogP contribution in [0.5, 0.6) is 0 Å². The number of rotatable bonds is 6. The van der Waals surface area contributed by atoms with Crippen LogP contribution < -0.4 is 5.32 Å². The quantitative estimate of drug-likeness (QED) is 0.376. The summed E-state index contributed by atoms with van der Waals surface area (Å²) in [6.07, 6.45) is 3.08. The summed E-state index contributed by atoms with van der Waals surface area (Å²) in [5.74, 6) is -0.814. The number of β-amino-alcohol motifs (C(OH)–C–C–N with tert-alkyl or cyclic N) is 1. The second-order valence-corrected chi connectivity index (χ2v) is 9.06. The molecule has 0 aliphatic carbocycles. The number of para-hydroxylation sites is 2. The molecule has 35 heavy (non-hydrogen) atoms. The van der Waals surface area contributed by atoms with Gasteiger partial charge in [0, 0.05) is 71.5 Å². The molecule has 0 bridgehead atoms. The third-order valence-electron chi connectivity index (χ3n) is 6.83. The number of carbonyl (C=O) groups excluding carboxylic acids is 2. The maximum atomic E-state index is 13.1. The van der Waals surface area contributed by atoms with Gasteiger partial charge in [0.25, 0.3) is 11.8 Å². The van der Waals surface area contributed by atoms with Gasteiger partial charge in [-0.25, -0.2) is 0 Å². The Balaban J connectivity index is 1.44. The van der Waals surface area contributed by atoms with E-state index in [1.165, 1.54) is 0 Å². The topological polar surface area (TPSA) is 99.6 Å². The van der Waals surface area contributed by atoms with E-state index in [9.17, 15) is 14.7 Å². The fraction of sp³-hybridized carbons (Fsp3) is 0.259. The van der Waals surface area contributed by atoms with Gasteiger partial charge >= 0.3 is 0 Å². The van der Waals surface area contributed by atoms with Crippen molar-refractivity contribution < 1.29 is 19.4 Å². The fourth-order valence-corrected chi connectivity index (χ4v) is 5.21. The van der Waals surface area contributed by atoms with Gasteiger partial charge < -0.3 is 19.4 Å². The number of amides is 2. The number of aliphatic hydroxyl groups is 1. The van der Waals surface area contributed by atoms with Crippen LogP contribution in [0.2, 0.25) is 0 Å². The first kappa shape index (κ1) is 21.8. The van der Waals surface area contributed by atoms with E-state index in [0.29, 0.717) is 48.6 Å². The Labute approximate surface area is 201 Å². The smallest absolute Gasteiger partial charge is 0.259 e. The molecule has 1 fully saturated rings. The standard InChI is InChI=1S/C27H26N4O4/c32-17(14-30-9-11-35-12-10-30)15-31-16-21(19-6-2-4-8-23(19)31)25-24(26(33)29-27(25)34)20-13-28-22-7-3-1-5-18(20)22/h1-8,13,16-17,28,32H,9-12,14-15H2,(H,29,33,34). The Morgan fingerprint density at radius 3 is 2.37 bits per heavy atom. The molecule has 8 heteroatoms. The van der Waals surface area contributed by atoms with Crippen LogP contribution in [0.1, 0.15) is 11.1 Å². The van der Waals surface area contributed by atoms with Crippen LogP contribution in [0.25, 0.3) is 33.0 Å². The first-order chi connectivity index (χ1) is 17.1. The minimum Gasteiger partial charge on any atom is -0.390 e. The Bertz CT molecular complexity index is 1470. The predicted molar refractivity (Wildman–Crippen MR) is 133 cm³/mol. The third kappa shape index (κ3) is 3.85. The maximum absolute atomic E-state index is 13.1. The molecule has 1 unspecified atom stereocenters. The van der Waals surface area contributed by atoms with Gasteiger partial charge in [-0.3, -0.25) is 19.8 Å². The zero-order valence-corrected chi connectivity index (χ0v) is 19.2. The number of fused-ring (bicyclic) bond motifs is 2. The molecular weight excluding hydrogens is 444 g/mol. The molecule has 2 aromatic heterocycles. The molecule has 4 heterocycles. The molecule has 4 aromatic rings. The summed E-state index contributed by atoms with van der Waals surface area (Å²) in [7, 11) is 0. The second-order valence-electron chi connectivity index (χ2n) is 9.06. The highest BCUT2D eigenvalue weighted by atomic mass is 16.5. The molecule has 0 spiro atoms. The molecule has 0 radical (unpaired) electrons. The summed E-state index contributed by atoms with van der Waals surface area (Å²) in [5, 5.41) is 15.1. The lowest BCUT2D eigenvalue weighted by Crippen LogP contribution is -2.41. The summed E-state index contributed by atoms with van der Waals surface area (Å²) in [4.78, 5) is 31.5. The number of aromatic nitrogens is 2. The molecular formula is C27H26N4O4. The monoisotopic (exact) mass is 470 g/mol. The summed E-state index contributed by atoms with van der Waals surface area (Å²) in [6.45, 7) is 3.89. The van der Waals surface area contributed by atoms with E-state index in [2.05, 4.69) is 15.2 Å². The molecule has 2 aromatic carbocycles. The Morgan fingerprint density at radius 2 is 1.57 bits per heavy atom. The number of nitrogens with one attached hydrogen (secondary N) is 2. The molecule has 0 saturated carbocycles. The number of H-pyrrole nitrogens is 1. The summed E-state index contributed by atoms with van der Waals surface area (Å²) in [5.41, 5.74) is 3.91. The Hall–Kier alpha value is -3.72. The van der Waals surface area contributed by atoms with E-state index in [4.69, 9.17) is 4.74 Å². The maximum Gasteiger partial charge on any atom is 0.259 e. The first-order valence-electron chi connectivity index (χ1n) is 11.8. The Kier molecular flexibility index (Phi) is 5.49. The van der Waals surface area contributed by atoms with Crippen molar-refractivity contribution in [3.63, 3.8) is 0 Å². The van der Waals surface area contributed by atoms with Crippen LogP contribution in [0.3, 0.4) is 0 Å². The summed E-state index contributed by atoms with van der Waals surface area (Å²) < 4.78 is 7.38. The molecule has 2 aliphatic heterocycles. The van der Waals surface area contributed by atoms with Crippen LogP contribution in [0.4, 0.5) is 0 Å². The van der Waals surface area contributed by atoms with Crippen LogP contribution in [-0.2, 0) is 20.9 Å². The lowest BCUT2D eigenvalue weighted by molar-refractivity contribution is -0.122. The number of aliphatic hydroxyl groups excluding tert-OH is 1. The van der Waals surface area contributed by atoms with E-state index >= 15 is 0 Å². The molecule has 1 atom stereocenters. The number of aromatic amines is 1. The molecule has 6 rings (SSSR count). The minimum absolute atomic E-state index is 0.359. The van der Waals surface area contributed by atoms with Gasteiger partial charge in [-0.05, 0) is 12.1 Å². The number of nitrogens with zero attached hydrogens (tertiary/aromatic N) is 2. The van der Waals surface area contributed by atoms with Crippen LogP contribution in [0, 0.1) is 0 Å². The lowest BCUT2D eigenvalue weighted by Gasteiger charge is -2.28. The lowest BCUT2D eigenvalue weighted by atomic mass is 9.95. The van der Waals surface area contributed by atoms with Crippen LogP contribution >= 0.6 is 0 Å². The van der Waals surface area contributed by atoms with E-state index in [-0.39, 0.29) is 0 Å². The van der Waals surface area contributed by atoms with Gasteiger partial charge in [0.2, 0.25) is 0 Å².